The molecule has 17 nitrogen and oxygen atoms in total. The van der Waals surface area contributed by atoms with Gasteiger partial charge in [-0.3, -0.25) is 40.0 Å². The number of carboxylic acids is 1. The predicted octanol–water partition coefficient (Wildman–Crippen LogP) is 1.82. The first-order valence-electron chi connectivity index (χ1n) is 12.0. The standard InChI is InChI=1S/C12H15N5O3.C10H10N4O4.C2H7N/c1-15(2)11(18)7-16(3)12-9-6-8(17(19)20)4-5-10(9)13-14-12;1-13(5-9(15)16)10-7-4-6(14(17)18)2-3-8(7)11-12-10;1-3-2/h4-6H,7H2,1-3H3,(H,13,14);2-4H,5H2,1H3,(H,11,12)(H,15,16);3H,1-2H3. The minimum Gasteiger partial charge on any atom is -0.480 e. The number of amides is 1. The van der Waals surface area contributed by atoms with E-state index in [2.05, 4.69) is 25.7 Å². The maximum atomic E-state index is 11.7. The highest BCUT2D eigenvalue weighted by Crippen LogP contribution is 2.28. The summed E-state index contributed by atoms with van der Waals surface area (Å²) in [6.45, 7) is -0.0850. The van der Waals surface area contributed by atoms with Crippen molar-refractivity contribution in [1.29, 1.82) is 0 Å². The number of hydrogen-bond acceptors (Lipinski definition) is 11. The number of carbonyl (C=O) groups excluding carboxylic acids is 1. The van der Waals surface area contributed by atoms with E-state index in [0.717, 1.165) is 0 Å². The number of hydrogen-bond donors (Lipinski definition) is 4. The Morgan fingerprint density at radius 3 is 1.56 bits per heavy atom. The van der Waals surface area contributed by atoms with E-state index in [4.69, 9.17) is 5.11 Å². The zero-order chi connectivity index (χ0) is 30.9. The zero-order valence-corrected chi connectivity index (χ0v) is 23.4. The van der Waals surface area contributed by atoms with Gasteiger partial charge in [-0.15, -0.1) is 0 Å². The van der Waals surface area contributed by atoms with Gasteiger partial charge in [0.15, 0.2) is 11.6 Å². The van der Waals surface area contributed by atoms with Gasteiger partial charge in [0.25, 0.3) is 11.4 Å². The molecule has 0 fully saturated rings. The average molecular weight is 573 g/mol. The summed E-state index contributed by atoms with van der Waals surface area (Å²) in [5.74, 6) is -0.192. The fourth-order valence-corrected chi connectivity index (χ4v) is 3.48. The van der Waals surface area contributed by atoms with Gasteiger partial charge in [0.2, 0.25) is 5.91 Å². The first-order valence-corrected chi connectivity index (χ1v) is 12.0. The first-order chi connectivity index (χ1) is 19.3. The second-order valence-electron chi connectivity index (χ2n) is 8.96. The minimum absolute atomic E-state index is 0.00696. The number of aromatic amines is 2. The average Bonchev–Trinajstić information content (AvgIpc) is 3.52. The number of carbonyl (C=O) groups is 2. The van der Waals surface area contributed by atoms with E-state index < -0.39 is 15.8 Å². The van der Waals surface area contributed by atoms with Gasteiger partial charge in [-0.1, -0.05) is 0 Å². The Hall–Kier alpha value is -5.32. The number of rotatable bonds is 8. The van der Waals surface area contributed by atoms with E-state index in [1.165, 1.54) is 34.1 Å². The maximum Gasteiger partial charge on any atom is 0.323 e. The summed E-state index contributed by atoms with van der Waals surface area (Å²) in [6, 6.07) is 8.73. The molecule has 1 amide bonds. The fourth-order valence-electron chi connectivity index (χ4n) is 3.48. The molecule has 17 heteroatoms. The largest absolute Gasteiger partial charge is 0.480 e. The smallest absolute Gasteiger partial charge is 0.323 e. The fraction of sp³-hybridized carbons (Fsp3) is 0.333. The number of anilines is 2. The highest BCUT2D eigenvalue weighted by Gasteiger charge is 2.18. The molecule has 0 spiro atoms. The molecule has 4 N–H and O–H groups in total. The lowest BCUT2D eigenvalue weighted by atomic mass is 10.2. The van der Waals surface area contributed by atoms with Crippen LogP contribution in [0.5, 0.6) is 0 Å². The van der Waals surface area contributed by atoms with Crippen molar-refractivity contribution >= 4 is 56.7 Å². The first kappa shape index (κ1) is 31.9. The Kier molecular flexibility index (Phi) is 11.0. The highest BCUT2D eigenvalue weighted by atomic mass is 16.6. The van der Waals surface area contributed by atoms with Crippen LogP contribution in [0.4, 0.5) is 23.0 Å². The van der Waals surface area contributed by atoms with Crippen LogP contribution < -0.4 is 15.1 Å². The Morgan fingerprint density at radius 1 is 0.829 bits per heavy atom. The normalized spacial score (nSPS) is 10.2. The number of nitro groups is 2. The molecule has 4 aromatic rings. The van der Waals surface area contributed by atoms with Crippen molar-refractivity contribution in [1.82, 2.24) is 30.6 Å². The monoisotopic (exact) mass is 572 g/mol. The van der Waals surface area contributed by atoms with E-state index >= 15 is 0 Å². The van der Waals surface area contributed by atoms with E-state index in [-0.39, 0.29) is 30.4 Å². The van der Waals surface area contributed by atoms with E-state index in [1.54, 1.807) is 45.2 Å². The number of H-pyrrole nitrogens is 2. The zero-order valence-electron chi connectivity index (χ0n) is 23.4. The van der Waals surface area contributed by atoms with Crippen LogP contribution in [-0.4, -0.2) is 107 Å². The van der Waals surface area contributed by atoms with Gasteiger partial charge in [0.05, 0.1) is 38.2 Å². The van der Waals surface area contributed by atoms with E-state index in [1.807, 2.05) is 14.1 Å². The molecule has 0 saturated heterocycles. The van der Waals surface area contributed by atoms with Crippen molar-refractivity contribution < 1.29 is 24.5 Å². The number of aromatic nitrogens is 4. The summed E-state index contributed by atoms with van der Waals surface area (Å²) >= 11 is 0. The van der Waals surface area contributed by atoms with Crippen LogP contribution in [0.2, 0.25) is 0 Å². The minimum atomic E-state index is -1.00. The van der Waals surface area contributed by atoms with Gasteiger partial charge in [-0.05, 0) is 26.2 Å². The molecule has 2 aromatic heterocycles. The molecular formula is C24H32N10O7. The lowest BCUT2D eigenvalue weighted by molar-refractivity contribution is -0.384. The topological polar surface area (TPSA) is 220 Å². The third-order valence-corrected chi connectivity index (χ3v) is 5.44. The molecule has 220 valence electrons. The van der Waals surface area contributed by atoms with Crippen molar-refractivity contribution in [3.63, 3.8) is 0 Å². The molecule has 0 aliphatic heterocycles. The number of aliphatic carboxylic acids is 1. The summed E-state index contributed by atoms with van der Waals surface area (Å²) in [5.41, 5.74) is 1.24. The number of nitro benzene ring substituents is 2. The van der Waals surface area contributed by atoms with Crippen molar-refractivity contribution in [3.8, 4) is 0 Å². The second kappa shape index (κ2) is 14.2. The summed E-state index contributed by atoms with van der Waals surface area (Å²) < 4.78 is 0. The summed E-state index contributed by atoms with van der Waals surface area (Å²) in [4.78, 5) is 47.4. The molecule has 0 aliphatic rings. The van der Waals surface area contributed by atoms with E-state index in [0.29, 0.717) is 33.4 Å². The summed E-state index contributed by atoms with van der Waals surface area (Å²) in [5, 5.41) is 47.7. The van der Waals surface area contributed by atoms with Crippen LogP contribution in [-0.2, 0) is 9.59 Å². The Morgan fingerprint density at radius 2 is 1.22 bits per heavy atom. The summed E-state index contributed by atoms with van der Waals surface area (Å²) in [6.07, 6.45) is 0. The van der Waals surface area contributed by atoms with Crippen molar-refractivity contribution in [2.24, 2.45) is 0 Å². The number of benzene rings is 2. The number of likely N-dealkylation sites (N-methyl/N-ethyl adjacent to an activating group) is 3. The molecule has 0 radical (unpaired) electrons. The Balaban J connectivity index is 0.000000263. The molecule has 0 saturated carbocycles. The Labute approximate surface area is 234 Å². The van der Waals surface area contributed by atoms with Gasteiger partial charge in [0, 0.05) is 52.5 Å². The summed E-state index contributed by atoms with van der Waals surface area (Å²) in [7, 11) is 10.4. The molecule has 0 aliphatic carbocycles. The molecule has 2 heterocycles. The maximum absolute atomic E-state index is 11.7. The van der Waals surface area contributed by atoms with Gasteiger partial charge >= 0.3 is 5.97 Å². The van der Waals surface area contributed by atoms with Crippen molar-refractivity contribution in [2.75, 3.05) is 65.2 Å². The number of non-ortho nitro benzene ring substituents is 2. The number of fused-ring (bicyclic) bond motifs is 2. The molecular weight excluding hydrogens is 540 g/mol. The van der Waals surface area contributed by atoms with Gasteiger partial charge in [-0.25, -0.2) is 0 Å². The second-order valence-corrected chi connectivity index (χ2v) is 8.96. The third kappa shape index (κ3) is 8.33. The molecule has 41 heavy (non-hydrogen) atoms. The highest BCUT2D eigenvalue weighted by molar-refractivity contribution is 5.94. The van der Waals surface area contributed by atoms with Crippen LogP contribution in [0.25, 0.3) is 21.8 Å². The van der Waals surface area contributed by atoms with Crippen LogP contribution in [0, 0.1) is 20.2 Å². The van der Waals surface area contributed by atoms with Gasteiger partial charge in [0.1, 0.15) is 6.54 Å². The molecule has 0 bridgehead atoms. The van der Waals surface area contributed by atoms with Crippen LogP contribution >= 0.6 is 0 Å². The number of carboxylic acid groups (broad SMARTS) is 1. The SMILES string of the molecule is CN(C)C(=O)CN(C)c1n[nH]c2ccc([N+](=O)[O-])cc12.CN(CC(=O)O)c1n[nH]c2ccc([N+](=O)[O-])cc12.CNC. The quantitative estimate of drug-likeness (QED) is 0.175. The third-order valence-electron chi connectivity index (χ3n) is 5.44. The molecule has 4 rings (SSSR count). The van der Waals surface area contributed by atoms with Crippen LogP contribution in [0.3, 0.4) is 0 Å². The van der Waals surface area contributed by atoms with Gasteiger partial charge in [-0.2, -0.15) is 10.2 Å². The van der Waals surface area contributed by atoms with Crippen molar-refractivity contribution in [2.45, 2.75) is 0 Å². The Bertz CT molecular complexity index is 1530. The molecule has 2 aromatic carbocycles. The molecule has 0 unspecified atom stereocenters. The lowest BCUT2D eigenvalue weighted by Crippen LogP contribution is -2.34. The van der Waals surface area contributed by atoms with Gasteiger partial charge < -0.3 is 25.1 Å². The lowest BCUT2D eigenvalue weighted by Gasteiger charge is -2.18. The number of nitrogens with one attached hydrogen (secondary N) is 3. The number of nitrogens with zero attached hydrogens (tertiary/aromatic N) is 7. The predicted molar refractivity (Wildman–Crippen MR) is 153 cm³/mol. The van der Waals surface area contributed by atoms with E-state index in [9.17, 15) is 29.8 Å². The van der Waals surface area contributed by atoms with Crippen LogP contribution in [0.1, 0.15) is 0 Å². The molecule has 0 atom stereocenters. The van der Waals surface area contributed by atoms with Crippen LogP contribution in [0.15, 0.2) is 36.4 Å². The van der Waals surface area contributed by atoms with Crippen molar-refractivity contribution in [3.05, 3.63) is 56.6 Å².